The van der Waals surface area contributed by atoms with E-state index >= 15 is 0 Å². The Hall–Kier alpha value is -2.77. The Bertz CT molecular complexity index is 844. The van der Waals surface area contributed by atoms with Crippen molar-refractivity contribution >= 4 is 21.7 Å². The number of nitrogens with zero attached hydrogens (tertiary/aromatic N) is 2. The highest BCUT2D eigenvalue weighted by molar-refractivity contribution is 9.10. The van der Waals surface area contributed by atoms with Gasteiger partial charge in [-0.15, -0.1) is 0 Å². The lowest BCUT2D eigenvalue weighted by Crippen LogP contribution is -2.23. The molecule has 2 rings (SSSR count). The Morgan fingerprint density at radius 3 is 2.75 bits per heavy atom. The highest BCUT2D eigenvalue weighted by Crippen LogP contribution is 2.43. The summed E-state index contributed by atoms with van der Waals surface area (Å²) in [6, 6.07) is 9.08. The van der Waals surface area contributed by atoms with Gasteiger partial charge in [-0.2, -0.15) is 10.5 Å². The van der Waals surface area contributed by atoms with Gasteiger partial charge in [-0.05, 0) is 32.0 Å². The lowest BCUT2D eigenvalue weighted by Gasteiger charge is -2.28. The van der Waals surface area contributed by atoms with Crippen LogP contribution in [-0.4, -0.2) is 12.4 Å². The molecule has 1 aromatic carbocycles. The summed E-state index contributed by atoms with van der Waals surface area (Å²) in [5.41, 5.74) is 6.87. The summed E-state index contributed by atoms with van der Waals surface area (Å²) in [6.07, 6.45) is 0. The van der Waals surface area contributed by atoms with Gasteiger partial charge in [0.1, 0.15) is 29.2 Å². The van der Waals surface area contributed by atoms with Crippen LogP contribution in [0.1, 0.15) is 25.3 Å². The van der Waals surface area contributed by atoms with Crippen LogP contribution < -0.4 is 10.5 Å². The Morgan fingerprint density at radius 2 is 2.17 bits per heavy atom. The fourth-order valence-corrected chi connectivity index (χ4v) is 3.01. The largest absolute Gasteiger partial charge is 0.478 e. The fraction of sp³-hybridized carbons (Fsp3) is 0.235. The van der Waals surface area contributed by atoms with Crippen molar-refractivity contribution in [1.82, 2.24) is 0 Å². The average Bonchev–Trinajstić information content (AvgIpc) is 2.52. The van der Waals surface area contributed by atoms with Crippen molar-refractivity contribution in [2.24, 2.45) is 5.73 Å². The van der Waals surface area contributed by atoms with E-state index in [0.29, 0.717) is 22.6 Å². The van der Waals surface area contributed by atoms with E-state index in [1.807, 2.05) is 12.1 Å². The van der Waals surface area contributed by atoms with Crippen LogP contribution in [0.5, 0.6) is 5.75 Å². The number of halogens is 1. The van der Waals surface area contributed by atoms with Gasteiger partial charge in [-0.3, -0.25) is 4.79 Å². The van der Waals surface area contributed by atoms with Crippen LogP contribution in [-0.2, 0) is 9.53 Å². The normalized spacial score (nSPS) is 17.0. The highest BCUT2D eigenvalue weighted by Gasteiger charge is 2.35. The van der Waals surface area contributed by atoms with E-state index in [1.54, 1.807) is 25.1 Å². The molecule has 0 spiro atoms. The molecular weight excluding hydrogens is 374 g/mol. The van der Waals surface area contributed by atoms with Crippen molar-refractivity contribution in [3.05, 3.63) is 51.0 Å². The topological polar surface area (TPSA) is 109 Å². The number of carbonyl (C=O) groups excluding carboxylic acids is 1. The first kappa shape index (κ1) is 17.6. The summed E-state index contributed by atoms with van der Waals surface area (Å²) in [7, 11) is 0. The number of hydrogen-bond donors (Lipinski definition) is 1. The molecule has 1 aromatic rings. The molecule has 0 saturated heterocycles. The fourth-order valence-electron chi connectivity index (χ4n) is 2.63. The standard InChI is InChI=1S/C17H14BrN3O3/c1-9(22)15-10(2)24-17(21)13(8-20)16(15)12-7-11(18)3-4-14(12)23-6-5-19/h3-4,7,16H,6,21H2,1-2H3/t16-/m1/s1. The third kappa shape index (κ3) is 3.27. The first-order chi connectivity index (χ1) is 11.4. The van der Waals surface area contributed by atoms with Crippen molar-refractivity contribution in [1.29, 1.82) is 10.5 Å². The smallest absolute Gasteiger partial charge is 0.205 e. The lowest BCUT2D eigenvalue weighted by molar-refractivity contribution is -0.114. The lowest BCUT2D eigenvalue weighted by atomic mass is 9.81. The van der Waals surface area contributed by atoms with Crippen LogP contribution in [0.3, 0.4) is 0 Å². The first-order valence-electron chi connectivity index (χ1n) is 6.99. The number of Topliss-reactive ketones (excluding diaryl/α,β-unsaturated/α-hetero) is 1. The number of ketones is 1. The van der Waals surface area contributed by atoms with E-state index in [2.05, 4.69) is 15.9 Å². The van der Waals surface area contributed by atoms with Gasteiger partial charge in [0.05, 0.1) is 5.92 Å². The molecule has 7 heteroatoms. The number of allylic oxidation sites excluding steroid dienone is 3. The van der Waals surface area contributed by atoms with Crippen molar-refractivity contribution in [2.75, 3.05) is 6.61 Å². The van der Waals surface area contributed by atoms with Gasteiger partial charge in [-0.1, -0.05) is 15.9 Å². The zero-order valence-corrected chi connectivity index (χ0v) is 14.7. The molecule has 1 aliphatic rings. The summed E-state index contributed by atoms with van der Waals surface area (Å²) in [5, 5.41) is 18.3. The molecule has 0 bridgehead atoms. The van der Waals surface area contributed by atoms with E-state index in [9.17, 15) is 10.1 Å². The number of nitrogens with two attached hydrogens (primary N) is 1. The summed E-state index contributed by atoms with van der Waals surface area (Å²) in [6.45, 7) is 2.87. The molecule has 6 nitrogen and oxygen atoms in total. The van der Waals surface area contributed by atoms with Crippen LogP contribution in [0.2, 0.25) is 0 Å². The van der Waals surface area contributed by atoms with Crippen molar-refractivity contribution in [3.8, 4) is 17.9 Å². The first-order valence-corrected chi connectivity index (χ1v) is 7.78. The Kier molecular flexibility index (Phi) is 5.28. The predicted octanol–water partition coefficient (Wildman–Crippen LogP) is 3.02. The molecule has 1 aliphatic heterocycles. The number of carbonyl (C=O) groups is 1. The van der Waals surface area contributed by atoms with Crippen LogP contribution in [0.15, 0.2) is 45.5 Å². The number of benzene rings is 1. The van der Waals surface area contributed by atoms with Crippen molar-refractivity contribution in [2.45, 2.75) is 19.8 Å². The number of nitriles is 2. The molecule has 1 heterocycles. The summed E-state index contributed by atoms with van der Waals surface area (Å²) < 4.78 is 11.6. The maximum absolute atomic E-state index is 12.2. The van der Waals surface area contributed by atoms with Crippen LogP contribution >= 0.6 is 15.9 Å². The molecule has 0 radical (unpaired) electrons. The summed E-state index contributed by atoms with van der Waals surface area (Å²) >= 11 is 3.38. The van der Waals surface area contributed by atoms with Gasteiger partial charge in [0.2, 0.25) is 5.88 Å². The van der Waals surface area contributed by atoms with Crippen LogP contribution in [0.25, 0.3) is 0 Å². The monoisotopic (exact) mass is 387 g/mol. The zero-order valence-electron chi connectivity index (χ0n) is 13.1. The Balaban J connectivity index is 2.72. The van der Waals surface area contributed by atoms with Crippen LogP contribution in [0, 0.1) is 22.7 Å². The molecular formula is C17H14BrN3O3. The molecule has 0 amide bonds. The minimum Gasteiger partial charge on any atom is -0.478 e. The van der Waals surface area contributed by atoms with Gasteiger partial charge in [0.15, 0.2) is 12.4 Å². The summed E-state index contributed by atoms with van der Waals surface area (Å²) in [5.74, 6) is -0.249. The van der Waals surface area contributed by atoms with Gasteiger partial charge in [0.25, 0.3) is 0 Å². The third-order valence-corrected chi connectivity index (χ3v) is 4.05. The average molecular weight is 388 g/mol. The second kappa shape index (κ2) is 7.20. The van der Waals surface area contributed by atoms with E-state index < -0.39 is 5.92 Å². The molecule has 0 aliphatic carbocycles. The molecule has 0 saturated carbocycles. The SMILES string of the molecule is CC(=O)C1=C(C)OC(N)=C(C#N)[C@H]1c1cc(Br)ccc1OCC#N. The molecule has 24 heavy (non-hydrogen) atoms. The maximum atomic E-state index is 12.2. The van der Waals surface area contributed by atoms with Crippen molar-refractivity contribution < 1.29 is 14.3 Å². The minimum atomic E-state index is -0.715. The number of rotatable bonds is 4. The number of ether oxygens (including phenoxy) is 2. The van der Waals surface area contributed by atoms with Gasteiger partial charge in [0, 0.05) is 15.6 Å². The van der Waals surface area contributed by atoms with E-state index in [4.69, 9.17) is 20.5 Å². The minimum absolute atomic E-state index is 0.0452. The Morgan fingerprint density at radius 1 is 1.46 bits per heavy atom. The van der Waals surface area contributed by atoms with Gasteiger partial charge < -0.3 is 15.2 Å². The molecule has 0 unspecified atom stereocenters. The van der Waals surface area contributed by atoms with Crippen LogP contribution in [0.4, 0.5) is 0 Å². The third-order valence-electron chi connectivity index (χ3n) is 3.56. The second-order valence-electron chi connectivity index (χ2n) is 5.08. The molecule has 2 N–H and O–H groups in total. The predicted molar refractivity (Wildman–Crippen MR) is 89.3 cm³/mol. The molecule has 0 fully saturated rings. The van der Waals surface area contributed by atoms with E-state index in [-0.39, 0.29) is 23.8 Å². The molecule has 122 valence electrons. The molecule has 0 aromatic heterocycles. The zero-order chi connectivity index (χ0) is 17.9. The van der Waals surface area contributed by atoms with Gasteiger partial charge >= 0.3 is 0 Å². The Labute approximate surface area is 147 Å². The summed E-state index contributed by atoms with van der Waals surface area (Å²) in [4.78, 5) is 12.2. The quantitative estimate of drug-likeness (QED) is 0.849. The number of hydrogen-bond acceptors (Lipinski definition) is 6. The highest BCUT2D eigenvalue weighted by atomic mass is 79.9. The van der Waals surface area contributed by atoms with E-state index in [1.165, 1.54) is 6.92 Å². The van der Waals surface area contributed by atoms with Gasteiger partial charge in [-0.25, -0.2) is 0 Å². The maximum Gasteiger partial charge on any atom is 0.205 e. The second-order valence-corrected chi connectivity index (χ2v) is 6.00. The van der Waals surface area contributed by atoms with Crippen molar-refractivity contribution in [3.63, 3.8) is 0 Å². The molecule has 1 atom stereocenters. The van der Waals surface area contributed by atoms with E-state index in [0.717, 1.165) is 4.47 Å².